The van der Waals surface area contributed by atoms with Gasteiger partial charge in [0.25, 0.3) is 0 Å². The van der Waals surface area contributed by atoms with Gasteiger partial charge in [-0.05, 0) is 30.3 Å². The second-order valence-corrected chi connectivity index (χ2v) is 3.62. The summed E-state index contributed by atoms with van der Waals surface area (Å²) < 4.78 is 12.1. The first-order valence-corrected chi connectivity index (χ1v) is 5.58. The van der Waals surface area contributed by atoms with E-state index in [9.17, 15) is 4.79 Å². The lowest BCUT2D eigenvalue weighted by Gasteiger charge is -2.08. The van der Waals surface area contributed by atoms with Gasteiger partial charge in [-0.15, -0.1) is 0 Å². The molecule has 5 heteroatoms. The molecule has 0 spiro atoms. The molecular weight excluding hydrogens is 232 g/mol. The van der Waals surface area contributed by atoms with Crippen LogP contribution in [0.3, 0.4) is 0 Å². The van der Waals surface area contributed by atoms with Crippen molar-refractivity contribution in [3.05, 3.63) is 53.2 Å². The molecule has 18 heavy (non-hydrogen) atoms. The Kier molecular flexibility index (Phi) is 3.96. The highest BCUT2D eigenvalue weighted by Crippen LogP contribution is 2.16. The van der Waals surface area contributed by atoms with Crippen molar-refractivity contribution < 1.29 is 9.47 Å². The number of aromatic nitrogens is 2. The molecule has 1 aromatic heterocycles. The molecule has 0 N–H and O–H groups in total. The summed E-state index contributed by atoms with van der Waals surface area (Å²) >= 11 is 0. The molecule has 0 saturated carbocycles. The first-order chi connectivity index (χ1) is 8.79. The summed E-state index contributed by atoms with van der Waals surface area (Å²) in [4.78, 5) is 15.0. The highest BCUT2D eigenvalue weighted by molar-refractivity contribution is 5.31. The van der Waals surface area contributed by atoms with Gasteiger partial charge in [-0.25, -0.2) is 9.78 Å². The number of hydrogen-bond donors (Lipinski definition) is 0. The van der Waals surface area contributed by atoms with Crippen LogP contribution in [0, 0.1) is 0 Å². The van der Waals surface area contributed by atoms with E-state index in [1.165, 1.54) is 10.8 Å². The molecule has 2 aromatic rings. The lowest BCUT2D eigenvalue weighted by Crippen LogP contribution is -2.24. The average Bonchev–Trinajstić information content (AvgIpc) is 2.42. The number of rotatable bonds is 5. The number of nitrogens with zero attached hydrogens (tertiary/aromatic N) is 2. The van der Waals surface area contributed by atoms with E-state index in [1.54, 1.807) is 19.4 Å². The fourth-order valence-corrected chi connectivity index (χ4v) is 1.49. The zero-order valence-electron chi connectivity index (χ0n) is 10.1. The van der Waals surface area contributed by atoms with Crippen molar-refractivity contribution in [2.75, 3.05) is 13.7 Å². The molecule has 0 unspecified atom stereocenters. The lowest BCUT2D eigenvalue weighted by molar-refractivity contribution is 0.294. The predicted octanol–water partition coefficient (Wildman–Crippen LogP) is 1.33. The Bertz CT molecular complexity index is 549. The molecule has 0 saturated heterocycles. The van der Waals surface area contributed by atoms with Gasteiger partial charge in [0.1, 0.15) is 18.1 Å². The van der Waals surface area contributed by atoms with E-state index in [2.05, 4.69) is 4.98 Å². The van der Waals surface area contributed by atoms with E-state index >= 15 is 0 Å². The Labute approximate surface area is 105 Å². The molecule has 0 aliphatic carbocycles. The largest absolute Gasteiger partial charge is 0.497 e. The van der Waals surface area contributed by atoms with Gasteiger partial charge < -0.3 is 9.47 Å². The molecule has 0 radical (unpaired) electrons. The monoisotopic (exact) mass is 246 g/mol. The maximum Gasteiger partial charge on any atom is 0.347 e. The Morgan fingerprint density at radius 2 is 1.94 bits per heavy atom. The summed E-state index contributed by atoms with van der Waals surface area (Å²) in [5, 5.41) is 0. The summed E-state index contributed by atoms with van der Waals surface area (Å²) in [7, 11) is 1.62. The van der Waals surface area contributed by atoms with E-state index in [1.807, 2.05) is 24.3 Å². The first kappa shape index (κ1) is 12.2. The molecule has 0 amide bonds. The van der Waals surface area contributed by atoms with Gasteiger partial charge in [-0.2, -0.15) is 0 Å². The van der Waals surface area contributed by atoms with Crippen molar-refractivity contribution >= 4 is 0 Å². The summed E-state index contributed by atoms with van der Waals surface area (Å²) in [6.07, 6.45) is 3.16. The van der Waals surface area contributed by atoms with Gasteiger partial charge in [0.05, 0.1) is 13.7 Å². The summed E-state index contributed by atoms with van der Waals surface area (Å²) in [6, 6.07) is 9.02. The molecule has 5 nitrogen and oxygen atoms in total. The Morgan fingerprint density at radius 1 is 1.22 bits per heavy atom. The number of hydrogen-bond acceptors (Lipinski definition) is 4. The van der Waals surface area contributed by atoms with Crippen LogP contribution >= 0.6 is 0 Å². The Balaban J connectivity index is 1.88. The van der Waals surface area contributed by atoms with Gasteiger partial charge in [-0.1, -0.05) is 0 Å². The van der Waals surface area contributed by atoms with Crippen molar-refractivity contribution in [3.63, 3.8) is 0 Å². The maximum atomic E-state index is 11.3. The number of ether oxygens (including phenoxy) is 2. The second-order valence-electron chi connectivity index (χ2n) is 3.62. The molecule has 2 rings (SSSR count). The third kappa shape index (κ3) is 3.10. The normalized spacial score (nSPS) is 10.1. The zero-order valence-corrected chi connectivity index (χ0v) is 10.1. The van der Waals surface area contributed by atoms with Crippen LogP contribution < -0.4 is 15.2 Å². The SMILES string of the molecule is COc1ccc(OCCn2cccnc2=O)cc1. The highest BCUT2D eigenvalue weighted by atomic mass is 16.5. The maximum absolute atomic E-state index is 11.3. The van der Waals surface area contributed by atoms with Crippen molar-refractivity contribution in [1.29, 1.82) is 0 Å². The van der Waals surface area contributed by atoms with Crippen LogP contribution in [0.25, 0.3) is 0 Å². The quantitative estimate of drug-likeness (QED) is 0.798. The van der Waals surface area contributed by atoms with Crippen LogP contribution in [0.4, 0.5) is 0 Å². The van der Waals surface area contributed by atoms with E-state index in [-0.39, 0.29) is 5.69 Å². The lowest BCUT2D eigenvalue weighted by atomic mass is 10.3. The average molecular weight is 246 g/mol. The molecular formula is C13H14N2O3. The van der Waals surface area contributed by atoms with Crippen LogP contribution in [0.2, 0.25) is 0 Å². The number of benzene rings is 1. The van der Waals surface area contributed by atoms with Crippen molar-refractivity contribution in [2.24, 2.45) is 0 Å². The zero-order chi connectivity index (χ0) is 12.8. The second kappa shape index (κ2) is 5.86. The van der Waals surface area contributed by atoms with E-state index in [4.69, 9.17) is 9.47 Å². The Morgan fingerprint density at radius 3 is 2.61 bits per heavy atom. The fourth-order valence-electron chi connectivity index (χ4n) is 1.49. The van der Waals surface area contributed by atoms with Crippen LogP contribution in [0.1, 0.15) is 0 Å². The van der Waals surface area contributed by atoms with E-state index in [0.717, 1.165) is 11.5 Å². The minimum Gasteiger partial charge on any atom is -0.497 e. The molecule has 0 aliphatic heterocycles. The van der Waals surface area contributed by atoms with E-state index in [0.29, 0.717) is 13.2 Å². The standard InChI is InChI=1S/C13H14N2O3/c1-17-11-3-5-12(6-4-11)18-10-9-15-8-2-7-14-13(15)16/h2-8H,9-10H2,1H3. The van der Waals surface area contributed by atoms with Gasteiger partial charge >= 0.3 is 5.69 Å². The van der Waals surface area contributed by atoms with Crippen molar-refractivity contribution in [1.82, 2.24) is 9.55 Å². The minimum absolute atomic E-state index is 0.268. The molecule has 94 valence electrons. The van der Waals surface area contributed by atoms with Crippen LogP contribution in [-0.2, 0) is 6.54 Å². The van der Waals surface area contributed by atoms with E-state index < -0.39 is 0 Å². The van der Waals surface area contributed by atoms with Gasteiger partial charge in [0.2, 0.25) is 0 Å². The summed E-state index contributed by atoms with van der Waals surface area (Å²) in [5.74, 6) is 1.53. The molecule has 1 heterocycles. The predicted molar refractivity (Wildman–Crippen MR) is 67.0 cm³/mol. The Hall–Kier alpha value is -2.30. The van der Waals surface area contributed by atoms with Crippen LogP contribution in [0.15, 0.2) is 47.5 Å². The third-order valence-corrected chi connectivity index (χ3v) is 2.44. The van der Waals surface area contributed by atoms with Gasteiger partial charge in [-0.3, -0.25) is 4.57 Å². The molecule has 1 aromatic carbocycles. The smallest absolute Gasteiger partial charge is 0.347 e. The van der Waals surface area contributed by atoms with Crippen molar-refractivity contribution in [2.45, 2.75) is 6.54 Å². The first-order valence-electron chi connectivity index (χ1n) is 5.58. The highest BCUT2D eigenvalue weighted by Gasteiger charge is 1.97. The summed E-state index contributed by atoms with van der Waals surface area (Å²) in [6.45, 7) is 0.886. The summed E-state index contributed by atoms with van der Waals surface area (Å²) in [5.41, 5.74) is -0.268. The van der Waals surface area contributed by atoms with Gasteiger partial charge in [0.15, 0.2) is 0 Å². The van der Waals surface area contributed by atoms with Crippen LogP contribution in [-0.4, -0.2) is 23.3 Å². The van der Waals surface area contributed by atoms with Gasteiger partial charge in [0, 0.05) is 12.4 Å². The topological polar surface area (TPSA) is 53.4 Å². The fraction of sp³-hybridized carbons (Fsp3) is 0.231. The molecule has 0 bridgehead atoms. The van der Waals surface area contributed by atoms with Crippen LogP contribution in [0.5, 0.6) is 11.5 Å². The molecule has 0 atom stereocenters. The molecule has 0 aliphatic rings. The minimum atomic E-state index is -0.268. The molecule has 0 fully saturated rings. The third-order valence-electron chi connectivity index (χ3n) is 2.44. The number of methoxy groups -OCH3 is 1. The van der Waals surface area contributed by atoms with Crippen molar-refractivity contribution in [3.8, 4) is 11.5 Å².